The molecule has 0 spiro atoms. The standard InChI is InChI=1S/C83H162O17P2/c1-8-10-11-12-13-14-15-28-36-43-50-57-64-80(85)93-71-79(100-83(88)67-60-53-46-39-32-31-34-41-48-55-62-75(5)6)73-98-102(91,92)96-69-77(84)68-95-101(89,90)97-72-78(70-94-81(86)65-58-51-44-37-29-24-21-20-23-27-35-42-49-56-63-76(7)9-2)99-82(87)66-59-52-45-38-30-25-19-17-16-18-22-26-33-40-47-54-61-74(3)4/h74-79,84H,8-73H2,1-7H3,(H,89,90)(H,91,92)/t76?,77-,78-,79-/m1/s1. The molecule has 0 aliphatic heterocycles. The lowest BCUT2D eigenvalue weighted by atomic mass is 9.99. The second kappa shape index (κ2) is 73.2. The van der Waals surface area contributed by atoms with Crippen LogP contribution in [-0.4, -0.2) is 96.7 Å². The number of phosphoric ester groups is 2. The van der Waals surface area contributed by atoms with E-state index >= 15 is 0 Å². The van der Waals surface area contributed by atoms with Gasteiger partial charge in [0.2, 0.25) is 0 Å². The van der Waals surface area contributed by atoms with E-state index in [1.807, 2.05) is 0 Å². The van der Waals surface area contributed by atoms with E-state index in [1.165, 1.54) is 244 Å². The summed E-state index contributed by atoms with van der Waals surface area (Å²) in [6.07, 6.45) is 62.3. The molecule has 0 aromatic rings. The first kappa shape index (κ1) is 100. The van der Waals surface area contributed by atoms with Crippen LogP contribution >= 0.6 is 15.6 Å². The number of rotatable bonds is 81. The third kappa shape index (κ3) is 74.9. The molecule has 0 heterocycles. The summed E-state index contributed by atoms with van der Waals surface area (Å²) in [6, 6.07) is 0. The van der Waals surface area contributed by atoms with E-state index in [4.69, 9.17) is 37.0 Å². The summed E-state index contributed by atoms with van der Waals surface area (Å²) in [7, 11) is -9.92. The van der Waals surface area contributed by atoms with Crippen LogP contribution in [0.3, 0.4) is 0 Å². The van der Waals surface area contributed by atoms with Gasteiger partial charge in [-0.3, -0.25) is 37.3 Å². The predicted molar refractivity (Wildman–Crippen MR) is 418 cm³/mol. The first-order chi connectivity index (χ1) is 49.3. The SMILES string of the molecule is CCCCCCCCCCCCCCC(=O)OC[C@H](COP(=O)(O)OC[C@H](O)COP(=O)(O)OC[C@@H](COC(=O)CCCCCCCCCCCCCCCCC(C)CC)OC(=O)CCCCCCCCCCCCCCCCCCC(C)C)OC(=O)CCCCCCCCCCCCC(C)C. The normalized spacial score (nSPS) is 14.2. The highest BCUT2D eigenvalue weighted by Gasteiger charge is 2.30. The molecule has 606 valence electrons. The topological polar surface area (TPSA) is 237 Å². The van der Waals surface area contributed by atoms with Gasteiger partial charge in [0.25, 0.3) is 0 Å². The minimum Gasteiger partial charge on any atom is -0.462 e. The Kier molecular flexibility index (Phi) is 71.8. The first-order valence-electron chi connectivity index (χ1n) is 42.9. The number of aliphatic hydroxyl groups is 1. The lowest BCUT2D eigenvalue weighted by Gasteiger charge is -2.21. The van der Waals surface area contributed by atoms with Gasteiger partial charge in [-0.05, 0) is 43.4 Å². The highest BCUT2D eigenvalue weighted by atomic mass is 31.2. The van der Waals surface area contributed by atoms with Crippen LogP contribution in [0, 0.1) is 17.8 Å². The molecule has 0 rings (SSSR count). The Morgan fingerprint density at radius 1 is 0.284 bits per heavy atom. The van der Waals surface area contributed by atoms with Gasteiger partial charge in [-0.15, -0.1) is 0 Å². The number of esters is 4. The Balaban J connectivity index is 5.25. The summed E-state index contributed by atoms with van der Waals surface area (Å²) in [6.45, 7) is 12.0. The van der Waals surface area contributed by atoms with E-state index in [2.05, 4.69) is 48.5 Å². The second-order valence-electron chi connectivity index (χ2n) is 31.1. The van der Waals surface area contributed by atoms with Crippen molar-refractivity contribution in [3.8, 4) is 0 Å². The van der Waals surface area contributed by atoms with Gasteiger partial charge in [-0.25, -0.2) is 9.13 Å². The second-order valence-corrected chi connectivity index (χ2v) is 34.0. The minimum atomic E-state index is -4.96. The van der Waals surface area contributed by atoms with Gasteiger partial charge in [0.15, 0.2) is 12.2 Å². The Morgan fingerprint density at radius 3 is 0.745 bits per heavy atom. The molecule has 0 saturated heterocycles. The van der Waals surface area contributed by atoms with Gasteiger partial charge in [-0.1, -0.05) is 382 Å². The number of carbonyl (C=O) groups excluding carboxylic acids is 4. The third-order valence-electron chi connectivity index (χ3n) is 19.7. The molecule has 0 aliphatic rings. The van der Waals surface area contributed by atoms with Crippen LogP contribution in [0.25, 0.3) is 0 Å². The van der Waals surface area contributed by atoms with Crippen molar-refractivity contribution in [3.05, 3.63) is 0 Å². The van der Waals surface area contributed by atoms with E-state index in [1.54, 1.807) is 0 Å². The molecule has 6 atom stereocenters. The highest BCUT2D eigenvalue weighted by molar-refractivity contribution is 7.47. The summed E-state index contributed by atoms with van der Waals surface area (Å²) in [5.74, 6) is 0.304. The largest absolute Gasteiger partial charge is 0.472 e. The summed E-state index contributed by atoms with van der Waals surface area (Å²) in [4.78, 5) is 73.1. The van der Waals surface area contributed by atoms with Crippen LogP contribution in [0.2, 0.25) is 0 Å². The maximum Gasteiger partial charge on any atom is 0.472 e. The molecule has 0 fully saturated rings. The van der Waals surface area contributed by atoms with Crippen LogP contribution in [0.15, 0.2) is 0 Å². The van der Waals surface area contributed by atoms with E-state index in [0.29, 0.717) is 25.7 Å². The summed E-state index contributed by atoms with van der Waals surface area (Å²) in [5.41, 5.74) is 0. The van der Waals surface area contributed by atoms with Crippen LogP contribution in [0.4, 0.5) is 0 Å². The number of carbonyl (C=O) groups is 4. The number of hydrogen-bond donors (Lipinski definition) is 3. The summed E-state index contributed by atoms with van der Waals surface area (Å²) in [5, 5.41) is 10.7. The molecule has 3 N–H and O–H groups in total. The molecule has 0 radical (unpaired) electrons. The molecule has 0 aliphatic carbocycles. The molecular formula is C83H162O17P2. The maximum absolute atomic E-state index is 13.1. The monoisotopic (exact) mass is 1490 g/mol. The molecule has 3 unspecified atom stereocenters. The molecular weight excluding hydrogens is 1330 g/mol. The van der Waals surface area contributed by atoms with E-state index in [-0.39, 0.29) is 25.7 Å². The van der Waals surface area contributed by atoms with Crippen LogP contribution in [0.1, 0.15) is 434 Å². The average Bonchev–Trinajstić information content (AvgIpc) is 0.985. The fourth-order valence-corrected chi connectivity index (χ4v) is 14.4. The van der Waals surface area contributed by atoms with Crippen LogP contribution in [-0.2, 0) is 65.4 Å². The zero-order valence-electron chi connectivity index (χ0n) is 67.1. The smallest absolute Gasteiger partial charge is 0.462 e. The van der Waals surface area contributed by atoms with Crippen molar-refractivity contribution in [2.24, 2.45) is 17.8 Å². The maximum atomic E-state index is 13.1. The highest BCUT2D eigenvalue weighted by Crippen LogP contribution is 2.45. The quantitative estimate of drug-likeness (QED) is 0.0222. The van der Waals surface area contributed by atoms with Gasteiger partial charge in [0.05, 0.1) is 26.4 Å². The van der Waals surface area contributed by atoms with Gasteiger partial charge < -0.3 is 33.8 Å². The van der Waals surface area contributed by atoms with Crippen molar-refractivity contribution in [2.75, 3.05) is 39.6 Å². The van der Waals surface area contributed by atoms with E-state index in [0.717, 1.165) is 108 Å². The fourth-order valence-electron chi connectivity index (χ4n) is 12.8. The van der Waals surface area contributed by atoms with Crippen molar-refractivity contribution in [1.82, 2.24) is 0 Å². The van der Waals surface area contributed by atoms with Crippen molar-refractivity contribution in [1.29, 1.82) is 0 Å². The van der Waals surface area contributed by atoms with Crippen molar-refractivity contribution >= 4 is 39.5 Å². The van der Waals surface area contributed by atoms with Gasteiger partial charge >= 0.3 is 39.5 Å². The van der Waals surface area contributed by atoms with Crippen molar-refractivity contribution < 1.29 is 80.2 Å². The Hall–Kier alpha value is -1.94. The summed E-state index contributed by atoms with van der Waals surface area (Å²) >= 11 is 0. The zero-order valence-corrected chi connectivity index (χ0v) is 68.9. The first-order valence-corrected chi connectivity index (χ1v) is 45.9. The predicted octanol–water partition coefficient (Wildman–Crippen LogP) is 24.9. The lowest BCUT2D eigenvalue weighted by Crippen LogP contribution is -2.30. The van der Waals surface area contributed by atoms with E-state index in [9.17, 15) is 43.2 Å². The molecule has 0 aromatic heterocycles. The molecule has 0 aromatic carbocycles. The van der Waals surface area contributed by atoms with E-state index < -0.39 is 97.5 Å². The average molecular weight is 1490 g/mol. The zero-order chi connectivity index (χ0) is 75.1. The van der Waals surface area contributed by atoms with Gasteiger partial charge in [0, 0.05) is 25.7 Å². The number of phosphoric acid groups is 2. The lowest BCUT2D eigenvalue weighted by molar-refractivity contribution is -0.161. The minimum absolute atomic E-state index is 0.106. The molecule has 102 heavy (non-hydrogen) atoms. The molecule has 19 heteroatoms. The summed E-state index contributed by atoms with van der Waals surface area (Å²) < 4.78 is 68.8. The van der Waals surface area contributed by atoms with Gasteiger partial charge in [0.1, 0.15) is 19.3 Å². The molecule has 0 bridgehead atoms. The van der Waals surface area contributed by atoms with Crippen LogP contribution in [0.5, 0.6) is 0 Å². The number of unbranched alkanes of at least 4 members (excludes halogenated alkanes) is 48. The number of aliphatic hydroxyl groups excluding tert-OH is 1. The Morgan fingerprint density at radius 2 is 0.500 bits per heavy atom. The number of ether oxygens (including phenoxy) is 4. The molecule has 0 amide bonds. The Labute approximate surface area is 626 Å². The molecule has 17 nitrogen and oxygen atoms in total. The van der Waals surface area contributed by atoms with Crippen molar-refractivity contribution in [3.63, 3.8) is 0 Å². The van der Waals surface area contributed by atoms with Crippen LogP contribution < -0.4 is 0 Å². The third-order valence-corrected chi connectivity index (χ3v) is 21.6. The van der Waals surface area contributed by atoms with Gasteiger partial charge in [-0.2, -0.15) is 0 Å². The Bertz CT molecular complexity index is 1980. The number of hydrogen-bond acceptors (Lipinski definition) is 15. The molecule has 0 saturated carbocycles. The fraction of sp³-hybridized carbons (Fsp3) is 0.952. The van der Waals surface area contributed by atoms with Crippen molar-refractivity contribution in [2.45, 2.75) is 452 Å².